The molecule has 3 heteroatoms. The van der Waals surface area contributed by atoms with E-state index in [2.05, 4.69) is 93.7 Å². The summed E-state index contributed by atoms with van der Waals surface area (Å²) in [4.78, 5) is 0. The second-order valence-corrected chi connectivity index (χ2v) is 8.77. The first kappa shape index (κ1) is 12.2. The van der Waals surface area contributed by atoms with Crippen molar-refractivity contribution < 1.29 is 0 Å². The summed E-state index contributed by atoms with van der Waals surface area (Å²) in [7, 11) is 0. The molecule has 0 N–H and O–H groups in total. The zero-order valence-corrected chi connectivity index (χ0v) is 14.4. The summed E-state index contributed by atoms with van der Waals surface area (Å²) in [5.74, 6) is 0. The predicted molar refractivity (Wildman–Crippen MR) is 83.3 cm³/mol. The average Bonchev–Trinajstić information content (AvgIpc) is 2.25. The van der Waals surface area contributed by atoms with Gasteiger partial charge in [0.2, 0.25) is 0 Å². The Morgan fingerprint density at radius 3 is 1.27 bits per heavy atom. The van der Waals surface area contributed by atoms with Crippen molar-refractivity contribution >= 4 is 73.3 Å². The van der Waals surface area contributed by atoms with Crippen LogP contribution in [0.4, 0.5) is 0 Å². The molecule has 15 heavy (non-hydrogen) atoms. The van der Waals surface area contributed by atoms with Gasteiger partial charge in [0.1, 0.15) is 0 Å². The molecule has 0 nitrogen and oxygen atoms in total. The first-order valence-electron chi connectivity index (χ1n) is 4.43. The van der Waals surface area contributed by atoms with Crippen LogP contribution >= 0.6 is 45.2 Å². The molecule has 2 rings (SSSR count). The van der Waals surface area contributed by atoms with Gasteiger partial charge in [0.05, 0.1) is 0 Å². The molecule has 76 valence electrons. The fraction of sp³-hybridized carbons (Fsp3) is 0. The fourth-order valence-electron chi connectivity index (χ4n) is 1.14. The van der Waals surface area contributed by atoms with Crippen LogP contribution in [0.5, 0.6) is 0 Å². The Morgan fingerprint density at radius 2 is 0.933 bits per heavy atom. The minimum atomic E-state index is -0.190. The van der Waals surface area contributed by atoms with Gasteiger partial charge >= 0.3 is 129 Å². The normalized spacial score (nSPS) is 10.3. The van der Waals surface area contributed by atoms with Crippen molar-refractivity contribution in [3.63, 3.8) is 0 Å². The summed E-state index contributed by atoms with van der Waals surface area (Å²) >= 11 is 4.50. The summed E-state index contributed by atoms with van der Waals surface area (Å²) in [6, 6.07) is 17.8. The molecule has 2 aromatic rings. The Morgan fingerprint density at radius 1 is 0.600 bits per heavy atom. The summed E-state index contributed by atoms with van der Waals surface area (Å²) in [5.41, 5.74) is 0. The maximum absolute atomic E-state index is 2.35. The molecule has 0 saturated carbocycles. The van der Waals surface area contributed by atoms with E-state index in [0.717, 1.165) is 0 Å². The molecule has 0 aliphatic carbocycles. The molecule has 0 saturated heterocycles. The van der Waals surface area contributed by atoms with Crippen LogP contribution in [0, 0.1) is 7.14 Å². The van der Waals surface area contributed by atoms with Crippen LogP contribution in [-0.2, 0) is 0 Å². The van der Waals surface area contributed by atoms with Gasteiger partial charge < -0.3 is 0 Å². The van der Waals surface area contributed by atoms with Gasteiger partial charge in [0.25, 0.3) is 0 Å². The van der Waals surface area contributed by atoms with Crippen LogP contribution in [0.1, 0.15) is 0 Å². The van der Waals surface area contributed by atoms with E-state index in [1.54, 1.807) is 0 Å². The Labute approximate surface area is 127 Å². The molecule has 2 aromatic carbocycles. The number of hydrogen-bond donors (Lipinski definition) is 0. The standard InChI is InChI=1S/C12H8I2Te/c13-9-1-5-11(6-2-9)15-12-7-3-10(14)4-8-12/h1-8H. The van der Waals surface area contributed by atoms with Crippen LogP contribution < -0.4 is 7.22 Å². The fourth-order valence-corrected chi connectivity index (χ4v) is 4.19. The molecule has 0 heterocycles. The van der Waals surface area contributed by atoms with Crippen molar-refractivity contribution in [2.45, 2.75) is 0 Å². The molecule has 0 spiro atoms. The Bertz CT molecular complexity index is 391. The molecular weight excluding hydrogens is 526 g/mol. The van der Waals surface area contributed by atoms with Gasteiger partial charge in [-0.1, -0.05) is 0 Å². The SMILES string of the molecule is Ic1ccc([Te]c2ccc(I)cc2)cc1. The van der Waals surface area contributed by atoms with E-state index in [1.165, 1.54) is 14.4 Å². The predicted octanol–water partition coefficient (Wildman–Crippen LogP) is 2.55. The third kappa shape index (κ3) is 3.88. The van der Waals surface area contributed by atoms with Gasteiger partial charge in [-0.05, 0) is 0 Å². The molecular formula is C12H8I2Te. The quantitative estimate of drug-likeness (QED) is 0.412. The van der Waals surface area contributed by atoms with Crippen molar-refractivity contribution in [1.82, 2.24) is 0 Å². The zero-order chi connectivity index (χ0) is 10.7. The van der Waals surface area contributed by atoms with E-state index in [1.807, 2.05) is 0 Å². The van der Waals surface area contributed by atoms with Crippen molar-refractivity contribution in [2.24, 2.45) is 0 Å². The third-order valence-corrected chi connectivity index (χ3v) is 6.20. The van der Waals surface area contributed by atoms with Crippen molar-refractivity contribution in [3.8, 4) is 0 Å². The molecule has 0 unspecified atom stereocenters. The van der Waals surface area contributed by atoms with Gasteiger partial charge in [0, 0.05) is 0 Å². The summed E-state index contributed by atoms with van der Waals surface area (Å²) in [5, 5.41) is 0. The topological polar surface area (TPSA) is 0 Å². The number of halogens is 2. The first-order chi connectivity index (χ1) is 7.24. The van der Waals surface area contributed by atoms with E-state index in [4.69, 9.17) is 0 Å². The zero-order valence-electron chi connectivity index (χ0n) is 7.78. The van der Waals surface area contributed by atoms with Gasteiger partial charge in [-0.15, -0.1) is 0 Å². The first-order valence-corrected chi connectivity index (χ1v) is 8.92. The van der Waals surface area contributed by atoms with Crippen molar-refractivity contribution in [2.75, 3.05) is 0 Å². The molecule has 0 atom stereocenters. The molecule has 0 aromatic heterocycles. The van der Waals surface area contributed by atoms with Crippen molar-refractivity contribution in [1.29, 1.82) is 0 Å². The maximum atomic E-state index is 2.35. The summed E-state index contributed by atoms with van der Waals surface area (Å²) < 4.78 is 5.63. The Balaban J connectivity index is 2.15. The van der Waals surface area contributed by atoms with Crippen molar-refractivity contribution in [3.05, 3.63) is 55.7 Å². The average molecular weight is 534 g/mol. The summed E-state index contributed by atoms with van der Waals surface area (Å²) in [6.45, 7) is 0. The molecule has 0 bridgehead atoms. The molecule has 0 aliphatic heterocycles. The van der Waals surface area contributed by atoms with Gasteiger partial charge in [-0.2, -0.15) is 0 Å². The van der Waals surface area contributed by atoms with Gasteiger partial charge in [0.15, 0.2) is 0 Å². The van der Waals surface area contributed by atoms with E-state index in [0.29, 0.717) is 0 Å². The number of rotatable bonds is 2. The molecule has 0 radical (unpaired) electrons. The Hall–Kier alpha value is 0.690. The van der Waals surface area contributed by atoms with Crippen LogP contribution in [0.2, 0.25) is 0 Å². The second-order valence-electron chi connectivity index (χ2n) is 3.01. The van der Waals surface area contributed by atoms with Crippen LogP contribution in [0.15, 0.2) is 48.5 Å². The van der Waals surface area contributed by atoms with E-state index in [-0.39, 0.29) is 20.9 Å². The minimum absolute atomic E-state index is 0.190. The molecule has 0 amide bonds. The van der Waals surface area contributed by atoms with E-state index >= 15 is 0 Å². The van der Waals surface area contributed by atoms with Crippen LogP contribution in [0.25, 0.3) is 0 Å². The molecule has 0 fully saturated rings. The number of benzene rings is 2. The van der Waals surface area contributed by atoms with Gasteiger partial charge in [-0.25, -0.2) is 0 Å². The van der Waals surface area contributed by atoms with E-state index in [9.17, 15) is 0 Å². The van der Waals surface area contributed by atoms with Gasteiger partial charge in [-0.3, -0.25) is 0 Å². The van der Waals surface area contributed by atoms with E-state index < -0.39 is 0 Å². The second kappa shape index (κ2) is 5.85. The van der Waals surface area contributed by atoms with Crippen LogP contribution in [-0.4, -0.2) is 20.9 Å². The number of hydrogen-bond acceptors (Lipinski definition) is 0. The monoisotopic (exact) mass is 536 g/mol. The summed E-state index contributed by atoms with van der Waals surface area (Å²) in [6.07, 6.45) is 0. The molecule has 0 aliphatic rings. The Kier molecular flexibility index (Phi) is 4.74. The van der Waals surface area contributed by atoms with Crippen LogP contribution in [0.3, 0.4) is 0 Å². The third-order valence-electron chi connectivity index (χ3n) is 1.86.